The van der Waals surface area contributed by atoms with Crippen molar-refractivity contribution in [2.75, 3.05) is 31.8 Å². The highest BCUT2D eigenvalue weighted by Gasteiger charge is 2.81. The first kappa shape index (κ1) is 19.1. The van der Waals surface area contributed by atoms with Crippen LogP contribution in [0.25, 0.3) is 0 Å². The van der Waals surface area contributed by atoms with Gasteiger partial charge >= 0.3 is 5.97 Å². The van der Waals surface area contributed by atoms with Crippen molar-refractivity contribution in [1.82, 2.24) is 4.90 Å². The average molecular weight is 433 g/mol. The topological polar surface area (TPSA) is 84.9 Å². The van der Waals surface area contributed by atoms with Crippen molar-refractivity contribution in [3.05, 3.63) is 29.8 Å². The van der Waals surface area contributed by atoms with Gasteiger partial charge in [-0.25, -0.2) is 0 Å². The van der Waals surface area contributed by atoms with E-state index < -0.39 is 21.8 Å². The van der Waals surface area contributed by atoms with Gasteiger partial charge < -0.3 is 10.1 Å². The summed E-state index contributed by atoms with van der Waals surface area (Å²) in [5, 5.41) is 3.76. The molecule has 30 heavy (non-hydrogen) atoms. The van der Waals surface area contributed by atoms with E-state index in [0.717, 1.165) is 44.3 Å². The van der Waals surface area contributed by atoms with E-state index in [1.807, 2.05) is 6.07 Å². The molecule has 0 aromatic heterocycles. The van der Waals surface area contributed by atoms with Gasteiger partial charge in [-0.1, -0.05) is 18.2 Å². The predicted octanol–water partition coefficient (Wildman–Crippen LogP) is 1.88. The molecule has 1 aromatic carbocycles. The van der Waals surface area contributed by atoms with Gasteiger partial charge in [0.15, 0.2) is 0 Å². The van der Waals surface area contributed by atoms with Crippen LogP contribution in [0.1, 0.15) is 37.7 Å². The molecule has 0 radical (unpaired) electrons. The van der Waals surface area contributed by atoms with Crippen molar-refractivity contribution in [2.45, 2.75) is 55.2 Å². The minimum absolute atomic E-state index is 0.163. The number of hydrogen-bond acceptors (Lipinski definition) is 7. The molecule has 3 heterocycles. The maximum Gasteiger partial charge on any atom is 0.311 e. The van der Waals surface area contributed by atoms with Crippen LogP contribution in [0.3, 0.4) is 0 Å². The molecule has 7 rings (SSSR count). The molecular weight excluding hydrogens is 404 g/mol. The first-order valence-corrected chi connectivity index (χ1v) is 12.7. The number of carbonyl (C=O) groups excluding carboxylic acids is 1. The van der Waals surface area contributed by atoms with Gasteiger partial charge in [-0.15, -0.1) is 0 Å². The van der Waals surface area contributed by atoms with E-state index in [2.05, 4.69) is 28.4 Å². The highest BCUT2D eigenvalue weighted by molar-refractivity contribution is 7.86. The SMILES string of the molecule is COC(=O)[C@H]1C[C@@]23CCCN4CC[C@@]5(c6ccccc6N[C@]15C[C@H]2OS(C)(=O)=O)[C@@H]43. The van der Waals surface area contributed by atoms with Gasteiger partial charge in [-0.2, -0.15) is 8.42 Å². The quantitative estimate of drug-likeness (QED) is 0.577. The number of methoxy groups -OCH3 is 1. The molecule has 5 fully saturated rings. The largest absolute Gasteiger partial charge is 0.469 e. The summed E-state index contributed by atoms with van der Waals surface area (Å²) in [7, 11) is -2.17. The number of carbonyl (C=O) groups is 1. The summed E-state index contributed by atoms with van der Waals surface area (Å²) < 4.78 is 35.6. The Hall–Kier alpha value is -1.64. The lowest BCUT2D eigenvalue weighted by Crippen LogP contribution is -2.80. The van der Waals surface area contributed by atoms with Crippen molar-refractivity contribution in [3.8, 4) is 0 Å². The van der Waals surface area contributed by atoms with Crippen LogP contribution in [0, 0.1) is 11.3 Å². The van der Waals surface area contributed by atoms with E-state index in [1.54, 1.807) is 0 Å². The summed E-state index contributed by atoms with van der Waals surface area (Å²) >= 11 is 0. The fourth-order valence-corrected chi connectivity index (χ4v) is 9.02. The zero-order valence-corrected chi connectivity index (χ0v) is 18.2. The van der Waals surface area contributed by atoms with Gasteiger partial charge in [0.05, 0.1) is 30.9 Å². The van der Waals surface area contributed by atoms with Crippen molar-refractivity contribution in [2.24, 2.45) is 11.3 Å². The van der Waals surface area contributed by atoms with Crippen LogP contribution >= 0.6 is 0 Å². The lowest BCUT2D eigenvalue weighted by Gasteiger charge is -2.70. The molecule has 3 saturated carbocycles. The average Bonchev–Trinajstić information content (AvgIpc) is 3.24. The van der Waals surface area contributed by atoms with Crippen molar-refractivity contribution < 1.29 is 22.1 Å². The number of hydrogen-bond donors (Lipinski definition) is 1. The number of nitrogens with zero attached hydrogens (tertiary/aromatic N) is 1. The van der Waals surface area contributed by atoms with E-state index in [1.165, 1.54) is 12.7 Å². The van der Waals surface area contributed by atoms with Gasteiger partial charge in [0.25, 0.3) is 10.1 Å². The van der Waals surface area contributed by atoms with Crippen molar-refractivity contribution in [1.29, 1.82) is 0 Å². The number of para-hydroxylation sites is 1. The third-order valence-corrected chi connectivity index (χ3v) is 9.51. The molecule has 0 unspecified atom stereocenters. The molecular formula is C22H28N2O5S. The molecule has 3 aliphatic carbocycles. The summed E-state index contributed by atoms with van der Waals surface area (Å²) in [4.78, 5) is 15.7. The predicted molar refractivity (Wildman–Crippen MR) is 111 cm³/mol. The first-order chi connectivity index (χ1) is 14.3. The highest BCUT2D eigenvalue weighted by atomic mass is 32.2. The molecule has 1 N–H and O–H groups in total. The molecule has 8 heteroatoms. The Balaban J connectivity index is 1.63. The lowest BCUT2D eigenvalue weighted by molar-refractivity contribution is -0.197. The second-order valence-electron chi connectivity index (χ2n) is 9.91. The standard InChI is InChI=1S/C22H28N2O5S/c1-28-18(25)15-12-20-8-5-10-24-11-9-21(19(20)24)14-6-3-4-7-16(14)23-22(15,21)13-17(20)29-30(2,26)27/h3-4,6-7,15,17,19,23H,5,8-13H2,1-2H3/t15-,17-,19+,20+,21-,22-/m1/s1. The Kier molecular flexibility index (Phi) is 3.67. The minimum Gasteiger partial charge on any atom is -0.469 e. The van der Waals surface area contributed by atoms with E-state index in [0.29, 0.717) is 12.8 Å². The maximum atomic E-state index is 13.1. The summed E-state index contributed by atoms with van der Waals surface area (Å²) in [5.41, 5.74) is 1.12. The second-order valence-corrected chi connectivity index (χ2v) is 11.5. The zero-order valence-electron chi connectivity index (χ0n) is 17.4. The zero-order chi connectivity index (χ0) is 20.9. The Morgan fingerprint density at radius 1 is 1.20 bits per heavy atom. The smallest absolute Gasteiger partial charge is 0.311 e. The lowest BCUT2D eigenvalue weighted by atomic mass is 9.38. The van der Waals surface area contributed by atoms with Crippen molar-refractivity contribution >= 4 is 21.8 Å². The van der Waals surface area contributed by atoms with E-state index >= 15 is 0 Å². The number of nitrogens with one attached hydrogen (secondary N) is 1. The van der Waals surface area contributed by atoms with Gasteiger partial charge in [-0.05, 0) is 50.4 Å². The first-order valence-electron chi connectivity index (χ1n) is 10.9. The molecule has 6 atom stereocenters. The number of esters is 1. The number of ether oxygens (including phenoxy) is 1. The van der Waals surface area contributed by atoms with Crippen LogP contribution in [0.4, 0.5) is 5.69 Å². The van der Waals surface area contributed by atoms with E-state index in [-0.39, 0.29) is 28.8 Å². The molecule has 2 bridgehead atoms. The number of rotatable bonds is 3. The third kappa shape index (κ3) is 2.03. The number of fused-ring (bicyclic) bond motifs is 3. The van der Waals surface area contributed by atoms with Crippen molar-refractivity contribution in [3.63, 3.8) is 0 Å². The highest BCUT2D eigenvalue weighted by Crippen LogP contribution is 2.74. The van der Waals surface area contributed by atoms with Crippen LogP contribution in [0.15, 0.2) is 24.3 Å². The van der Waals surface area contributed by atoms with Crippen LogP contribution < -0.4 is 5.32 Å². The number of piperidine rings is 1. The number of benzene rings is 1. The molecule has 0 amide bonds. The summed E-state index contributed by atoms with van der Waals surface area (Å²) in [6, 6.07) is 8.54. The Morgan fingerprint density at radius 2 is 2.00 bits per heavy atom. The van der Waals surface area contributed by atoms with Gasteiger partial charge in [0.2, 0.25) is 0 Å². The van der Waals surface area contributed by atoms with Crippen LogP contribution in [0.2, 0.25) is 0 Å². The molecule has 6 aliphatic rings. The Bertz CT molecular complexity index is 1040. The van der Waals surface area contributed by atoms with Gasteiger partial charge in [0, 0.05) is 29.0 Å². The Morgan fingerprint density at radius 3 is 2.77 bits per heavy atom. The van der Waals surface area contributed by atoms with Crippen LogP contribution in [-0.4, -0.2) is 63.4 Å². The molecule has 3 aliphatic heterocycles. The van der Waals surface area contributed by atoms with Gasteiger partial charge in [-0.3, -0.25) is 13.9 Å². The summed E-state index contributed by atoms with van der Waals surface area (Å²) in [6.45, 7) is 1.98. The monoisotopic (exact) mass is 432 g/mol. The maximum absolute atomic E-state index is 13.1. The van der Waals surface area contributed by atoms with Crippen LogP contribution in [0.5, 0.6) is 0 Å². The third-order valence-electron chi connectivity index (χ3n) is 8.92. The Labute approximate surface area is 177 Å². The second kappa shape index (κ2) is 5.78. The number of anilines is 1. The molecule has 7 nitrogen and oxygen atoms in total. The van der Waals surface area contributed by atoms with Gasteiger partial charge in [0.1, 0.15) is 0 Å². The minimum atomic E-state index is -3.62. The fraction of sp³-hybridized carbons (Fsp3) is 0.682. The molecule has 2 saturated heterocycles. The summed E-state index contributed by atoms with van der Waals surface area (Å²) in [5.74, 6) is -0.530. The van der Waals surface area contributed by atoms with Crippen LogP contribution in [-0.2, 0) is 29.2 Å². The molecule has 1 aromatic rings. The molecule has 162 valence electrons. The normalized spacial score (nSPS) is 43.5. The molecule has 3 spiro atoms. The fourth-order valence-electron chi connectivity index (χ4n) is 8.34. The van der Waals surface area contributed by atoms with E-state index in [9.17, 15) is 13.2 Å². The van der Waals surface area contributed by atoms with E-state index in [4.69, 9.17) is 8.92 Å². The summed E-state index contributed by atoms with van der Waals surface area (Å²) in [6.07, 6.45) is 4.63.